The second-order valence-corrected chi connectivity index (χ2v) is 6.86. The molecular weight excluding hydrogens is 366 g/mol. The predicted molar refractivity (Wildman–Crippen MR) is 105 cm³/mol. The molecule has 0 saturated carbocycles. The van der Waals surface area contributed by atoms with E-state index in [4.69, 9.17) is 9.15 Å². The summed E-state index contributed by atoms with van der Waals surface area (Å²) in [5.41, 5.74) is 2.36. The van der Waals surface area contributed by atoms with Gasteiger partial charge in [0.1, 0.15) is 4.70 Å². The van der Waals surface area contributed by atoms with Gasteiger partial charge in [-0.15, -0.1) is 11.3 Å². The molecule has 0 radical (unpaired) electrons. The van der Waals surface area contributed by atoms with Gasteiger partial charge in [-0.3, -0.25) is 14.6 Å². The molecule has 0 spiro atoms. The molecule has 0 unspecified atom stereocenters. The van der Waals surface area contributed by atoms with E-state index < -0.39 is 0 Å². The molecule has 138 valence electrons. The molecule has 4 rings (SSSR count). The van der Waals surface area contributed by atoms with E-state index in [9.17, 15) is 9.59 Å². The van der Waals surface area contributed by atoms with Gasteiger partial charge in [-0.05, 0) is 18.2 Å². The smallest absolute Gasteiger partial charge is 0.247 e. The first kappa shape index (κ1) is 17.4. The standard InChI is InChI=1S/C19H17N3O4S/c1-2-16(24)21-12-3-4-20-14(9-12)13-11-27-19-15(23)10-17(26-18(13)19)22-5-7-25-8-6-22/h2-4,9-11H,1,5-8H2,(H,20,21,24). The molecule has 0 atom stereocenters. The Balaban J connectivity index is 1.77. The highest BCUT2D eigenvalue weighted by Gasteiger charge is 2.19. The molecule has 1 aliphatic rings. The van der Waals surface area contributed by atoms with E-state index in [1.165, 1.54) is 23.5 Å². The maximum atomic E-state index is 12.5. The van der Waals surface area contributed by atoms with E-state index in [1.807, 2.05) is 10.3 Å². The summed E-state index contributed by atoms with van der Waals surface area (Å²) in [4.78, 5) is 30.4. The molecule has 1 saturated heterocycles. The largest absolute Gasteiger partial charge is 0.439 e. The number of aromatic nitrogens is 1. The van der Waals surface area contributed by atoms with Crippen LogP contribution in [0.2, 0.25) is 0 Å². The molecule has 7 nitrogen and oxygen atoms in total. The van der Waals surface area contributed by atoms with Gasteiger partial charge in [0, 0.05) is 36.4 Å². The van der Waals surface area contributed by atoms with Crippen molar-refractivity contribution in [3.05, 3.63) is 52.7 Å². The number of carbonyl (C=O) groups is 1. The number of nitrogens with zero attached hydrogens (tertiary/aromatic N) is 2. The van der Waals surface area contributed by atoms with Crippen molar-refractivity contribution in [2.24, 2.45) is 0 Å². The van der Waals surface area contributed by atoms with Gasteiger partial charge >= 0.3 is 0 Å². The van der Waals surface area contributed by atoms with E-state index >= 15 is 0 Å². The van der Waals surface area contributed by atoms with Crippen LogP contribution in [0.25, 0.3) is 21.5 Å². The minimum Gasteiger partial charge on any atom is -0.439 e. The summed E-state index contributed by atoms with van der Waals surface area (Å²) in [5, 5.41) is 4.56. The first-order valence-electron chi connectivity index (χ1n) is 8.43. The number of rotatable bonds is 4. The minimum atomic E-state index is -0.302. The van der Waals surface area contributed by atoms with Crippen molar-refractivity contribution in [1.29, 1.82) is 0 Å². The summed E-state index contributed by atoms with van der Waals surface area (Å²) in [7, 11) is 0. The van der Waals surface area contributed by atoms with Gasteiger partial charge in [-0.25, -0.2) is 0 Å². The maximum absolute atomic E-state index is 12.5. The van der Waals surface area contributed by atoms with Crippen LogP contribution in [-0.4, -0.2) is 37.2 Å². The highest BCUT2D eigenvalue weighted by atomic mass is 32.1. The fraction of sp³-hybridized carbons (Fsp3) is 0.211. The fourth-order valence-electron chi connectivity index (χ4n) is 2.90. The van der Waals surface area contributed by atoms with Crippen LogP contribution in [0.5, 0.6) is 0 Å². The molecular formula is C19H17N3O4S. The third-order valence-corrected chi connectivity index (χ3v) is 5.22. The summed E-state index contributed by atoms with van der Waals surface area (Å²) < 4.78 is 12.0. The van der Waals surface area contributed by atoms with Gasteiger partial charge in [0.2, 0.25) is 11.3 Å². The summed E-state index contributed by atoms with van der Waals surface area (Å²) >= 11 is 1.32. The number of nitrogens with one attached hydrogen (secondary N) is 1. The van der Waals surface area contributed by atoms with Crippen LogP contribution in [-0.2, 0) is 9.53 Å². The topological polar surface area (TPSA) is 84.7 Å². The molecule has 3 aromatic heterocycles. The molecule has 1 fully saturated rings. The number of thiophene rings is 1. The van der Waals surface area contributed by atoms with Crippen molar-refractivity contribution in [1.82, 2.24) is 4.98 Å². The zero-order chi connectivity index (χ0) is 18.8. The van der Waals surface area contributed by atoms with Crippen molar-refractivity contribution < 1.29 is 13.9 Å². The highest BCUT2D eigenvalue weighted by Crippen LogP contribution is 2.34. The van der Waals surface area contributed by atoms with Crippen LogP contribution in [0.15, 0.2) is 51.6 Å². The quantitative estimate of drug-likeness (QED) is 0.698. The predicted octanol–water partition coefficient (Wildman–Crippen LogP) is 2.88. The molecule has 1 N–H and O–H groups in total. The zero-order valence-electron chi connectivity index (χ0n) is 14.4. The van der Waals surface area contributed by atoms with Crippen molar-refractivity contribution in [2.45, 2.75) is 0 Å². The Bertz CT molecular complexity index is 1070. The average Bonchev–Trinajstić information content (AvgIpc) is 3.13. The molecule has 0 bridgehead atoms. The normalized spacial score (nSPS) is 14.3. The van der Waals surface area contributed by atoms with Crippen molar-refractivity contribution in [3.8, 4) is 11.3 Å². The number of anilines is 2. The number of fused-ring (bicyclic) bond motifs is 1. The van der Waals surface area contributed by atoms with E-state index in [1.54, 1.807) is 18.3 Å². The van der Waals surface area contributed by atoms with Crippen LogP contribution in [0, 0.1) is 0 Å². The van der Waals surface area contributed by atoms with E-state index in [0.29, 0.717) is 53.9 Å². The van der Waals surface area contributed by atoms with Gasteiger partial charge in [-0.2, -0.15) is 0 Å². The lowest BCUT2D eigenvalue weighted by molar-refractivity contribution is -0.111. The SMILES string of the molecule is C=CC(=O)Nc1ccnc(-c2csc3c(=O)cc(N4CCOCC4)oc23)c1. The molecule has 3 aromatic rings. The molecule has 8 heteroatoms. The Morgan fingerprint density at radius 1 is 1.33 bits per heavy atom. The number of pyridine rings is 1. The van der Waals surface area contributed by atoms with Gasteiger partial charge in [0.05, 0.1) is 24.5 Å². The summed E-state index contributed by atoms with van der Waals surface area (Å²) in [6.07, 6.45) is 2.80. The second kappa shape index (κ2) is 7.34. The zero-order valence-corrected chi connectivity index (χ0v) is 15.3. The monoisotopic (exact) mass is 383 g/mol. The summed E-state index contributed by atoms with van der Waals surface area (Å²) in [6, 6.07) is 4.96. The van der Waals surface area contributed by atoms with E-state index in [-0.39, 0.29) is 11.3 Å². The van der Waals surface area contributed by atoms with Gasteiger partial charge < -0.3 is 19.4 Å². The first-order chi connectivity index (χ1) is 13.2. The molecule has 4 heterocycles. The molecule has 27 heavy (non-hydrogen) atoms. The summed E-state index contributed by atoms with van der Waals surface area (Å²) in [5.74, 6) is 0.232. The lowest BCUT2D eigenvalue weighted by Gasteiger charge is -2.27. The number of ether oxygens (including phenoxy) is 1. The molecule has 0 aromatic carbocycles. The highest BCUT2D eigenvalue weighted by molar-refractivity contribution is 7.17. The Morgan fingerprint density at radius 3 is 2.93 bits per heavy atom. The van der Waals surface area contributed by atoms with E-state index in [2.05, 4.69) is 16.9 Å². The maximum Gasteiger partial charge on any atom is 0.247 e. The lowest BCUT2D eigenvalue weighted by atomic mass is 10.2. The second-order valence-electron chi connectivity index (χ2n) is 5.98. The third kappa shape index (κ3) is 3.49. The van der Waals surface area contributed by atoms with Crippen LogP contribution in [0.4, 0.5) is 11.6 Å². The van der Waals surface area contributed by atoms with E-state index in [0.717, 1.165) is 5.56 Å². The van der Waals surface area contributed by atoms with Gasteiger partial charge in [0.25, 0.3) is 0 Å². The molecule has 1 amide bonds. The van der Waals surface area contributed by atoms with Crippen molar-refractivity contribution in [2.75, 3.05) is 36.5 Å². The first-order valence-corrected chi connectivity index (χ1v) is 9.31. The van der Waals surface area contributed by atoms with Crippen LogP contribution in [0.3, 0.4) is 0 Å². The Morgan fingerprint density at radius 2 is 2.15 bits per heavy atom. The summed E-state index contributed by atoms with van der Waals surface area (Å²) in [6.45, 7) is 6.00. The van der Waals surface area contributed by atoms with Crippen LogP contribution in [0.1, 0.15) is 0 Å². The third-order valence-electron chi connectivity index (χ3n) is 4.24. The fourth-order valence-corrected chi connectivity index (χ4v) is 3.79. The number of morpholine rings is 1. The number of carbonyl (C=O) groups excluding carboxylic acids is 1. The number of hydrogen-bond donors (Lipinski definition) is 1. The number of hydrogen-bond acceptors (Lipinski definition) is 7. The van der Waals surface area contributed by atoms with Crippen LogP contribution >= 0.6 is 11.3 Å². The molecule has 0 aliphatic carbocycles. The van der Waals surface area contributed by atoms with Gasteiger partial charge in [0.15, 0.2) is 11.5 Å². The average molecular weight is 383 g/mol. The van der Waals surface area contributed by atoms with Crippen molar-refractivity contribution >= 4 is 39.1 Å². The lowest BCUT2D eigenvalue weighted by Crippen LogP contribution is -2.36. The van der Waals surface area contributed by atoms with Gasteiger partial charge in [-0.1, -0.05) is 6.58 Å². The molecule has 1 aliphatic heterocycles. The van der Waals surface area contributed by atoms with Crippen molar-refractivity contribution in [3.63, 3.8) is 0 Å². The number of amides is 1. The Labute approximate surface area is 158 Å². The Hall–Kier alpha value is -2.97. The Kier molecular flexibility index (Phi) is 4.74. The minimum absolute atomic E-state index is 0.0786. The van der Waals surface area contributed by atoms with Crippen LogP contribution < -0.4 is 15.6 Å².